The first-order valence-electron chi connectivity index (χ1n) is 9.87. The second-order valence-corrected chi connectivity index (χ2v) is 7.04. The Labute approximate surface area is 172 Å². The summed E-state index contributed by atoms with van der Waals surface area (Å²) in [7, 11) is 0. The van der Waals surface area contributed by atoms with Crippen LogP contribution in [0.15, 0.2) is 72.8 Å². The van der Waals surface area contributed by atoms with Crippen molar-refractivity contribution in [1.29, 1.82) is 0 Å². The van der Waals surface area contributed by atoms with Crippen molar-refractivity contribution in [3.05, 3.63) is 89.5 Å². The van der Waals surface area contributed by atoms with Gasteiger partial charge in [0.25, 0.3) is 5.91 Å². The number of anilines is 1. The van der Waals surface area contributed by atoms with Crippen molar-refractivity contribution >= 4 is 11.6 Å². The minimum atomic E-state index is -0.217. The van der Waals surface area contributed by atoms with Crippen LogP contribution in [-0.4, -0.2) is 19.1 Å². The molecule has 29 heavy (non-hydrogen) atoms. The van der Waals surface area contributed by atoms with Gasteiger partial charge in [0.1, 0.15) is 11.5 Å². The van der Waals surface area contributed by atoms with E-state index in [2.05, 4.69) is 17.4 Å². The van der Waals surface area contributed by atoms with Gasteiger partial charge in [-0.1, -0.05) is 60.2 Å². The smallest absolute Gasteiger partial charge is 0.262 e. The average Bonchev–Trinajstić information content (AvgIpc) is 2.72. The third-order valence-electron chi connectivity index (χ3n) is 4.56. The highest BCUT2D eigenvalue weighted by molar-refractivity contribution is 5.93. The lowest BCUT2D eigenvalue weighted by molar-refractivity contribution is -0.118. The van der Waals surface area contributed by atoms with Crippen LogP contribution in [0, 0.1) is 13.8 Å². The predicted octanol–water partition coefficient (Wildman–Crippen LogP) is 5.33. The number of para-hydroxylation sites is 2. The summed E-state index contributed by atoms with van der Waals surface area (Å²) in [6.45, 7) is 4.53. The maximum absolute atomic E-state index is 12.3. The summed E-state index contributed by atoms with van der Waals surface area (Å²) in [5.41, 5.74) is 4.13. The minimum absolute atomic E-state index is 0.0494. The first kappa shape index (κ1) is 20.5. The topological polar surface area (TPSA) is 47.6 Å². The number of carbonyl (C=O) groups is 1. The summed E-state index contributed by atoms with van der Waals surface area (Å²) < 4.78 is 11.6. The van der Waals surface area contributed by atoms with Crippen molar-refractivity contribution < 1.29 is 14.3 Å². The SMILES string of the molecule is Cc1ccc(OCC(=O)Nc2ccccc2OCCCc2ccccc2)c(C)c1. The summed E-state index contributed by atoms with van der Waals surface area (Å²) in [6.07, 6.45) is 1.86. The molecule has 0 unspecified atom stereocenters. The van der Waals surface area contributed by atoms with E-state index < -0.39 is 0 Å². The number of nitrogens with one attached hydrogen (secondary N) is 1. The third kappa shape index (κ3) is 6.39. The normalized spacial score (nSPS) is 10.4. The molecule has 0 aliphatic heterocycles. The van der Waals surface area contributed by atoms with Crippen LogP contribution in [0.4, 0.5) is 5.69 Å². The molecule has 150 valence electrons. The molecule has 0 saturated heterocycles. The highest BCUT2D eigenvalue weighted by atomic mass is 16.5. The Morgan fingerprint density at radius 1 is 0.862 bits per heavy atom. The molecule has 0 radical (unpaired) electrons. The van der Waals surface area contributed by atoms with Crippen LogP contribution in [0.1, 0.15) is 23.1 Å². The summed E-state index contributed by atoms with van der Waals surface area (Å²) in [4.78, 5) is 12.3. The number of hydrogen-bond donors (Lipinski definition) is 1. The van der Waals surface area contributed by atoms with Gasteiger partial charge in [-0.15, -0.1) is 0 Å². The lowest BCUT2D eigenvalue weighted by Crippen LogP contribution is -2.21. The Hall–Kier alpha value is -3.27. The summed E-state index contributed by atoms with van der Waals surface area (Å²) in [6, 6.07) is 23.7. The molecule has 3 aromatic carbocycles. The van der Waals surface area contributed by atoms with Crippen LogP contribution < -0.4 is 14.8 Å². The number of ether oxygens (including phenoxy) is 2. The third-order valence-corrected chi connectivity index (χ3v) is 4.56. The van der Waals surface area contributed by atoms with Gasteiger partial charge >= 0.3 is 0 Å². The van der Waals surface area contributed by atoms with Crippen molar-refractivity contribution in [1.82, 2.24) is 0 Å². The van der Waals surface area contributed by atoms with E-state index in [1.807, 2.05) is 74.5 Å². The monoisotopic (exact) mass is 389 g/mol. The molecule has 0 heterocycles. The van der Waals surface area contributed by atoms with Crippen molar-refractivity contribution in [2.75, 3.05) is 18.5 Å². The number of aryl methyl sites for hydroxylation is 3. The molecule has 0 fully saturated rings. The molecule has 1 N–H and O–H groups in total. The average molecular weight is 389 g/mol. The van der Waals surface area contributed by atoms with E-state index in [-0.39, 0.29) is 12.5 Å². The van der Waals surface area contributed by atoms with Crippen molar-refractivity contribution in [3.8, 4) is 11.5 Å². The van der Waals surface area contributed by atoms with E-state index in [0.29, 0.717) is 18.0 Å². The second kappa shape index (κ2) is 10.3. The van der Waals surface area contributed by atoms with E-state index in [1.54, 1.807) is 0 Å². The molecule has 0 saturated carbocycles. The van der Waals surface area contributed by atoms with Crippen molar-refractivity contribution in [2.45, 2.75) is 26.7 Å². The van der Waals surface area contributed by atoms with Gasteiger partial charge in [-0.05, 0) is 56.0 Å². The van der Waals surface area contributed by atoms with Crippen LogP contribution in [-0.2, 0) is 11.2 Å². The van der Waals surface area contributed by atoms with E-state index in [9.17, 15) is 4.79 Å². The Kier molecular flexibility index (Phi) is 7.28. The number of rotatable bonds is 9. The molecule has 0 atom stereocenters. The Balaban J connectivity index is 1.49. The summed E-state index contributed by atoms with van der Waals surface area (Å²) in [5.74, 6) is 1.17. The van der Waals surface area contributed by atoms with Gasteiger partial charge < -0.3 is 14.8 Å². The molecule has 1 amide bonds. The van der Waals surface area contributed by atoms with E-state index in [4.69, 9.17) is 9.47 Å². The van der Waals surface area contributed by atoms with Crippen molar-refractivity contribution in [3.63, 3.8) is 0 Å². The van der Waals surface area contributed by atoms with Crippen molar-refractivity contribution in [2.24, 2.45) is 0 Å². The first-order valence-corrected chi connectivity index (χ1v) is 9.87. The quantitative estimate of drug-likeness (QED) is 0.503. The maximum atomic E-state index is 12.3. The van der Waals surface area contributed by atoms with Gasteiger partial charge in [-0.2, -0.15) is 0 Å². The number of carbonyl (C=O) groups excluding carboxylic acids is 1. The summed E-state index contributed by atoms with van der Waals surface area (Å²) >= 11 is 0. The van der Waals surface area contributed by atoms with Crippen LogP contribution in [0.2, 0.25) is 0 Å². The largest absolute Gasteiger partial charge is 0.491 e. The lowest BCUT2D eigenvalue weighted by Gasteiger charge is -2.13. The van der Waals surface area contributed by atoms with Crippen LogP contribution in [0.5, 0.6) is 11.5 Å². The fourth-order valence-corrected chi connectivity index (χ4v) is 3.09. The zero-order valence-electron chi connectivity index (χ0n) is 17.0. The Bertz CT molecular complexity index is 938. The molecule has 4 nitrogen and oxygen atoms in total. The molecule has 3 aromatic rings. The molecule has 0 aliphatic rings. The van der Waals surface area contributed by atoms with E-state index >= 15 is 0 Å². The molecule has 0 bridgehead atoms. The number of benzene rings is 3. The molecule has 3 rings (SSSR count). The highest BCUT2D eigenvalue weighted by Gasteiger charge is 2.09. The fraction of sp³-hybridized carbons (Fsp3) is 0.240. The second-order valence-electron chi connectivity index (χ2n) is 7.04. The molecular formula is C25H27NO3. The van der Waals surface area contributed by atoms with Crippen LogP contribution in [0.3, 0.4) is 0 Å². The van der Waals surface area contributed by atoms with Gasteiger partial charge in [-0.25, -0.2) is 0 Å². The predicted molar refractivity (Wildman–Crippen MR) is 117 cm³/mol. The molecule has 0 aliphatic carbocycles. The van der Waals surface area contributed by atoms with Gasteiger partial charge in [0.15, 0.2) is 6.61 Å². The van der Waals surface area contributed by atoms with E-state index in [1.165, 1.54) is 5.56 Å². The van der Waals surface area contributed by atoms with Gasteiger partial charge in [0, 0.05) is 0 Å². The summed E-state index contributed by atoms with van der Waals surface area (Å²) in [5, 5.41) is 2.88. The maximum Gasteiger partial charge on any atom is 0.262 e. The fourth-order valence-electron chi connectivity index (χ4n) is 3.09. The lowest BCUT2D eigenvalue weighted by atomic mass is 10.1. The first-order chi connectivity index (χ1) is 14.1. The molecule has 0 aromatic heterocycles. The minimum Gasteiger partial charge on any atom is -0.491 e. The molecular weight excluding hydrogens is 362 g/mol. The molecule has 0 spiro atoms. The Morgan fingerprint density at radius 2 is 1.62 bits per heavy atom. The zero-order valence-corrected chi connectivity index (χ0v) is 17.0. The standard InChI is InChI=1S/C25H27NO3/c1-19-14-15-23(20(2)17-19)29-18-25(27)26-22-12-6-7-13-24(22)28-16-8-11-21-9-4-3-5-10-21/h3-7,9-10,12-15,17H,8,11,16,18H2,1-2H3,(H,26,27). The van der Waals surface area contributed by atoms with Crippen LogP contribution in [0.25, 0.3) is 0 Å². The Morgan fingerprint density at radius 3 is 2.41 bits per heavy atom. The number of amides is 1. The van der Waals surface area contributed by atoms with Gasteiger partial charge in [-0.3, -0.25) is 4.79 Å². The van der Waals surface area contributed by atoms with Gasteiger partial charge in [0.05, 0.1) is 12.3 Å². The number of hydrogen-bond acceptors (Lipinski definition) is 3. The highest BCUT2D eigenvalue weighted by Crippen LogP contribution is 2.24. The van der Waals surface area contributed by atoms with E-state index in [0.717, 1.165) is 29.7 Å². The van der Waals surface area contributed by atoms with Crippen LogP contribution >= 0.6 is 0 Å². The zero-order chi connectivity index (χ0) is 20.5. The molecule has 4 heteroatoms. The van der Waals surface area contributed by atoms with Gasteiger partial charge in [0.2, 0.25) is 0 Å².